The lowest BCUT2D eigenvalue weighted by Crippen LogP contribution is -2.68. The maximum absolute atomic E-state index is 12.8. The fourth-order valence-electron chi connectivity index (χ4n) is 4.64. The van der Waals surface area contributed by atoms with Gasteiger partial charge in [-0.05, 0) is 33.1 Å². The molecule has 2 saturated carbocycles. The maximum atomic E-state index is 12.8. The van der Waals surface area contributed by atoms with Gasteiger partial charge in [-0.2, -0.15) is 5.10 Å². The molecule has 3 unspecified atom stereocenters. The van der Waals surface area contributed by atoms with Crippen LogP contribution in [0.15, 0.2) is 12.4 Å². The van der Waals surface area contributed by atoms with Crippen molar-refractivity contribution in [2.45, 2.75) is 64.3 Å². The lowest BCUT2D eigenvalue weighted by atomic mass is 9.51. The SMILES string of the molecule is CCOC1CC(NC(=O)N2CCOC(c3cnn(CC)c3)C2)C12CCC2. The zero-order valence-electron chi connectivity index (χ0n) is 15.8. The van der Waals surface area contributed by atoms with Crippen molar-refractivity contribution in [1.29, 1.82) is 0 Å². The summed E-state index contributed by atoms with van der Waals surface area (Å²) >= 11 is 0. The summed E-state index contributed by atoms with van der Waals surface area (Å²) in [6.45, 7) is 7.47. The molecule has 144 valence electrons. The van der Waals surface area contributed by atoms with Crippen molar-refractivity contribution in [2.24, 2.45) is 5.41 Å². The molecule has 3 fully saturated rings. The Hall–Kier alpha value is -1.60. The first-order valence-corrected chi connectivity index (χ1v) is 9.97. The van der Waals surface area contributed by atoms with Crippen LogP contribution in [-0.4, -0.2) is 59.2 Å². The highest BCUT2D eigenvalue weighted by molar-refractivity contribution is 5.75. The molecule has 2 aliphatic carbocycles. The van der Waals surface area contributed by atoms with Crippen LogP contribution in [0.25, 0.3) is 0 Å². The highest BCUT2D eigenvalue weighted by atomic mass is 16.5. The van der Waals surface area contributed by atoms with Crippen LogP contribution in [-0.2, 0) is 16.0 Å². The van der Waals surface area contributed by atoms with Gasteiger partial charge in [0, 0.05) is 42.9 Å². The van der Waals surface area contributed by atoms with Gasteiger partial charge in [0.25, 0.3) is 0 Å². The number of rotatable bonds is 5. The third kappa shape index (κ3) is 3.01. The molecule has 1 saturated heterocycles. The zero-order chi connectivity index (χ0) is 18.1. The van der Waals surface area contributed by atoms with Crippen LogP contribution < -0.4 is 5.32 Å². The number of hydrogen-bond acceptors (Lipinski definition) is 4. The number of urea groups is 1. The Kier molecular flexibility index (Phi) is 4.92. The Morgan fingerprint density at radius 2 is 2.31 bits per heavy atom. The molecule has 2 amide bonds. The van der Waals surface area contributed by atoms with E-state index in [0.29, 0.717) is 25.8 Å². The summed E-state index contributed by atoms with van der Waals surface area (Å²) in [5.41, 5.74) is 1.24. The standard InChI is InChI=1S/C19H30N4O3/c1-3-23-12-14(11-20-23)15-13-22(8-9-26-15)18(24)21-16-10-17(25-4-2)19(16)6-5-7-19/h11-12,15-17H,3-10,13H2,1-2H3,(H,21,24). The van der Waals surface area contributed by atoms with Gasteiger partial charge in [0.05, 0.1) is 25.5 Å². The number of aryl methyl sites for hydroxylation is 1. The minimum Gasteiger partial charge on any atom is -0.378 e. The molecule has 3 atom stereocenters. The molecule has 1 aliphatic heterocycles. The number of aromatic nitrogens is 2. The van der Waals surface area contributed by atoms with Crippen molar-refractivity contribution in [1.82, 2.24) is 20.0 Å². The molecular weight excluding hydrogens is 332 g/mol. The van der Waals surface area contributed by atoms with Gasteiger partial charge < -0.3 is 19.7 Å². The lowest BCUT2D eigenvalue weighted by Gasteiger charge is -2.61. The quantitative estimate of drug-likeness (QED) is 0.873. The molecule has 1 aromatic rings. The average molecular weight is 362 g/mol. The molecule has 1 spiro atoms. The van der Waals surface area contributed by atoms with Gasteiger partial charge in [-0.25, -0.2) is 4.79 Å². The van der Waals surface area contributed by atoms with Crippen LogP contribution in [0, 0.1) is 5.41 Å². The summed E-state index contributed by atoms with van der Waals surface area (Å²) in [7, 11) is 0. The van der Waals surface area contributed by atoms with E-state index in [1.807, 2.05) is 28.9 Å². The topological polar surface area (TPSA) is 68.6 Å². The first-order chi connectivity index (χ1) is 12.7. The van der Waals surface area contributed by atoms with E-state index in [9.17, 15) is 4.79 Å². The molecule has 0 bridgehead atoms. The summed E-state index contributed by atoms with van der Waals surface area (Å²) in [6.07, 6.45) is 8.61. The predicted octanol–water partition coefficient (Wildman–Crippen LogP) is 2.33. The van der Waals surface area contributed by atoms with Crippen LogP contribution in [0.1, 0.15) is 51.2 Å². The van der Waals surface area contributed by atoms with E-state index in [4.69, 9.17) is 9.47 Å². The van der Waals surface area contributed by atoms with Gasteiger partial charge in [0.15, 0.2) is 0 Å². The third-order valence-electron chi connectivity index (χ3n) is 6.44. The molecule has 26 heavy (non-hydrogen) atoms. The molecular formula is C19H30N4O3. The number of amides is 2. The fourth-order valence-corrected chi connectivity index (χ4v) is 4.64. The number of carbonyl (C=O) groups is 1. The second kappa shape index (κ2) is 7.19. The molecule has 0 radical (unpaired) electrons. The van der Waals surface area contributed by atoms with E-state index in [0.717, 1.165) is 25.1 Å². The normalized spacial score (nSPS) is 29.9. The smallest absolute Gasteiger partial charge is 0.317 e. The second-order valence-corrected chi connectivity index (χ2v) is 7.70. The van der Waals surface area contributed by atoms with E-state index in [1.54, 1.807) is 0 Å². The Labute approximate surface area is 155 Å². The van der Waals surface area contributed by atoms with E-state index in [2.05, 4.69) is 17.3 Å². The third-order valence-corrected chi connectivity index (χ3v) is 6.44. The van der Waals surface area contributed by atoms with Crippen LogP contribution in [0.4, 0.5) is 4.79 Å². The molecule has 1 aromatic heterocycles. The summed E-state index contributed by atoms with van der Waals surface area (Å²) in [6, 6.07) is 0.289. The van der Waals surface area contributed by atoms with Crippen LogP contribution in [0.3, 0.4) is 0 Å². The average Bonchev–Trinajstić information content (AvgIpc) is 3.08. The zero-order valence-corrected chi connectivity index (χ0v) is 15.8. The number of hydrogen-bond donors (Lipinski definition) is 1. The Morgan fingerprint density at radius 3 is 2.96 bits per heavy atom. The van der Waals surface area contributed by atoms with Gasteiger partial charge in [-0.3, -0.25) is 4.68 Å². The molecule has 0 aromatic carbocycles. The van der Waals surface area contributed by atoms with Crippen LogP contribution in [0.2, 0.25) is 0 Å². The molecule has 7 nitrogen and oxygen atoms in total. The first-order valence-electron chi connectivity index (χ1n) is 9.97. The molecule has 2 heterocycles. The van der Waals surface area contributed by atoms with Gasteiger partial charge in [0.1, 0.15) is 6.10 Å². The Balaban J connectivity index is 1.35. The Morgan fingerprint density at radius 1 is 1.46 bits per heavy atom. The van der Waals surface area contributed by atoms with E-state index in [-0.39, 0.29) is 23.6 Å². The maximum Gasteiger partial charge on any atom is 0.317 e. The van der Waals surface area contributed by atoms with Gasteiger partial charge in [0.2, 0.25) is 0 Å². The van der Waals surface area contributed by atoms with Crippen molar-refractivity contribution in [2.75, 3.05) is 26.3 Å². The fraction of sp³-hybridized carbons (Fsp3) is 0.789. The molecule has 7 heteroatoms. The number of nitrogens with zero attached hydrogens (tertiary/aromatic N) is 3. The minimum atomic E-state index is -0.0926. The highest BCUT2D eigenvalue weighted by Gasteiger charge is 2.59. The van der Waals surface area contributed by atoms with Crippen molar-refractivity contribution in [3.05, 3.63) is 18.0 Å². The van der Waals surface area contributed by atoms with E-state index in [1.165, 1.54) is 19.3 Å². The minimum absolute atomic E-state index is 0.0346. The molecule has 1 N–H and O–H groups in total. The summed E-state index contributed by atoms with van der Waals surface area (Å²) in [4.78, 5) is 14.7. The van der Waals surface area contributed by atoms with Crippen molar-refractivity contribution in [3.8, 4) is 0 Å². The van der Waals surface area contributed by atoms with Crippen molar-refractivity contribution in [3.63, 3.8) is 0 Å². The number of carbonyl (C=O) groups excluding carboxylic acids is 1. The number of ether oxygens (including phenoxy) is 2. The molecule has 3 aliphatic rings. The van der Waals surface area contributed by atoms with Gasteiger partial charge >= 0.3 is 6.03 Å². The van der Waals surface area contributed by atoms with Crippen molar-refractivity contribution >= 4 is 6.03 Å². The van der Waals surface area contributed by atoms with Crippen molar-refractivity contribution < 1.29 is 14.3 Å². The monoisotopic (exact) mass is 362 g/mol. The number of morpholine rings is 1. The van der Waals surface area contributed by atoms with E-state index >= 15 is 0 Å². The summed E-state index contributed by atoms with van der Waals surface area (Å²) < 4.78 is 13.7. The highest BCUT2D eigenvalue weighted by Crippen LogP contribution is 2.57. The summed E-state index contributed by atoms with van der Waals surface area (Å²) in [5, 5.41) is 7.60. The second-order valence-electron chi connectivity index (χ2n) is 7.70. The van der Waals surface area contributed by atoms with Gasteiger partial charge in [-0.15, -0.1) is 0 Å². The Bertz CT molecular complexity index is 642. The predicted molar refractivity (Wildman–Crippen MR) is 96.8 cm³/mol. The van der Waals surface area contributed by atoms with E-state index < -0.39 is 0 Å². The number of nitrogens with one attached hydrogen (secondary N) is 1. The molecule has 4 rings (SSSR count). The first kappa shape index (κ1) is 17.8. The van der Waals surface area contributed by atoms with Crippen LogP contribution in [0.5, 0.6) is 0 Å². The van der Waals surface area contributed by atoms with Crippen LogP contribution >= 0.6 is 0 Å². The van der Waals surface area contributed by atoms with Gasteiger partial charge in [-0.1, -0.05) is 6.42 Å². The largest absolute Gasteiger partial charge is 0.378 e. The lowest BCUT2D eigenvalue weighted by molar-refractivity contribution is -0.170. The summed E-state index contributed by atoms with van der Waals surface area (Å²) in [5.74, 6) is 0.